The van der Waals surface area contributed by atoms with Crippen LogP contribution < -0.4 is 25.4 Å². The topological polar surface area (TPSA) is 158 Å². The van der Waals surface area contributed by atoms with Crippen molar-refractivity contribution in [2.75, 3.05) is 44.5 Å². The van der Waals surface area contributed by atoms with E-state index in [0.29, 0.717) is 58.5 Å². The quantitative estimate of drug-likeness (QED) is 0.123. The monoisotopic (exact) mass is 707 g/mol. The van der Waals surface area contributed by atoms with Gasteiger partial charge in [-0.1, -0.05) is 18.2 Å². The first-order chi connectivity index (χ1) is 25.1. The fourth-order valence-electron chi connectivity index (χ4n) is 5.98. The summed E-state index contributed by atoms with van der Waals surface area (Å²) in [5, 5.41) is 8.68. The van der Waals surface area contributed by atoms with Crippen LogP contribution in [-0.4, -0.2) is 83.9 Å². The Morgan fingerprint density at radius 3 is 2.46 bits per heavy atom. The van der Waals surface area contributed by atoms with Gasteiger partial charge in [-0.05, 0) is 55.8 Å². The third-order valence-corrected chi connectivity index (χ3v) is 8.74. The van der Waals surface area contributed by atoms with Crippen LogP contribution in [0.4, 0.5) is 17.1 Å². The normalized spacial score (nSPS) is 14.4. The molecular weight excluding hydrogens is 666 g/mol. The van der Waals surface area contributed by atoms with E-state index < -0.39 is 5.97 Å². The van der Waals surface area contributed by atoms with Crippen LogP contribution in [0.5, 0.6) is 11.5 Å². The number of hydrogen-bond donors (Lipinski definition) is 3. The minimum atomic E-state index is -0.396. The number of methoxy groups -OCH3 is 1. The van der Waals surface area contributed by atoms with Crippen molar-refractivity contribution < 1.29 is 33.4 Å². The second-order valence-electron chi connectivity index (χ2n) is 12.4. The molecule has 0 unspecified atom stereocenters. The van der Waals surface area contributed by atoms with Crippen LogP contribution in [0.15, 0.2) is 78.2 Å². The lowest BCUT2D eigenvalue weighted by Gasteiger charge is -2.19. The maximum atomic E-state index is 13.1. The number of nitrogens with zero attached hydrogens (tertiary/aromatic N) is 4. The Balaban J connectivity index is 0.990. The molecule has 4 heterocycles. The molecule has 3 amide bonds. The van der Waals surface area contributed by atoms with Crippen molar-refractivity contribution in [1.82, 2.24) is 19.4 Å². The summed E-state index contributed by atoms with van der Waals surface area (Å²) in [5.74, 6) is -0.275. The summed E-state index contributed by atoms with van der Waals surface area (Å²) in [6, 6.07) is 13.9. The van der Waals surface area contributed by atoms with E-state index in [1.165, 1.54) is 7.11 Å². The maximum absolute atomic E-state index is 13.1. The first-order valence-corrected chi connectivity index (χ1v) is 16.9. The molecule has 0 spiro atoms. The predicted molar refractivity (Wildman–Crippen MR) is 197 cm³/mol. The average Bonchev–Trinajstić information content (AvgIpc) is 3.85. The minimum Gasteiger partial charge on any atom is -0.493 e. The van der Waals surface area contributed by atoms with E-state index in [9.17, 15) is 19.2 Å². The number of carbonyl (C=O) groups excluding carboxylic acids is 4. The highest BCUT2D eigenvalue weighted by Crippen LogP contribution is 2.38. The SMILES string of the molecule is CNCCOC(=O)c1cc(-c2ccc(NC(=O)c3cc(NC(=O)CCCOc4cc5c(cc4OC)C(=O)N4C=CC[C@@H]4C=N5)cn3C)cc2)cn1C. The number of aryl methyl sites for hydroxylation is 2. The largest absolute Gasteiger partial charge is 0.493 e. The van der Waals surface area contributed by atoms with Crippen molar-refractivity contribution in [3.63, 3.8) is 0 Å². The Morgan fingerprint density at radius 2 is 1.69 bits per heavy atom. The zero-order chi connectivity index (χ0) is 36.8. The second-order valence-corrected chi connectivity index (χ2v) is 12.4. The Bertz CT molecular complexity index is 2040. The molecule has 2 aliphatic rings. The lowest BCUT2D eigenvalue weighted by molar-refractivity contribution is -0.116. The lowest BCUT2D eigenvalue weighted by atomic mass is 10.1. The summed E-state index contributed by atoms with van der Waals surface area (Å²) in [5.41, 5.74) is 4.53. The van der Waals surface area contributed by atoms with E-state index in [-0.39, 0.29) is 43.4 Å². The number of aliphatic imine (C=N–C) groups is 1. The van der Waals surface area contributed by atoms with Crippen LogP contribution in [0.2, 0.25) is 0 Å². The highest BCUT2D eigenvalue weighted by molar-refractivity contribution is 6.05. The minimum absolute atomic E-state index is 0.105. The fraction of sp³-hybridized carbons (Fsp3) is 0.289. The number of benzene rings is 2. The molecule has 52 heavy (non-hydrogen) atoms. The van der Waals surface area contributed by atoms with Gasteiger partial charge in [0.2, 0.25) is 5.91 Å². The summed E-state index contributed by atoms with van der Waals surface area (Å²) in [7, 11) is 6.81. The fourth-order valence-corrected chi connectivity index (χ4v) is 5.98. The van der Waals surface area contributed by atoms with Gasteiger partial charge >= 0.3 is 5.97 Å². The third kappa shape index (κ3) is 7.92. The number of carbonyl (C=O) groups is 4. The van der Waals surface area contributed by atoms with Gasteiger partial charge in [0.1, 0.15) is 18.0 Å². The number of likely N-dealkylation sites (N-methyl/N-ethyl adjacent to an activating group) is 1. The number of anilines is 2. The number of hydrogen-bond acceptors (Lipinski definition) is 9. The molecule has 2 aliphatic heterocycles. The molecule has 4 aromatic rings. The smallest absolute Gasteiger partial charge is 0.355 e. The standard InChI is InChI=1S/C38H41N7O7/c1-39-13-16-52-38(49)32-17-25(22-43(32)2)24-9-11-26(12-10-24)42-36(47)31-18-27(23-44(31)3)41-35(46)8-6-15-51-34-20-30-29(19-33(34)50-4)37(48)45-14-5-7-28(45)21-40-30/h5,9-12,14,17-23,28,39H,6-8,13,15-16H2,1-4H3,(H,41,46)(H,42,47)/t28-/m1/s1. The van der Waals surface area contributed by atoms with Gasteiger partial charge in [-0.15, -0.1) is 0 Å². The molecule has 6 rings (SSSR count). The number of fused-ring (bicyclic) bond motifs is 2. The molecule has 0 aliphatic carbocycles. The number of esters is 1. The van der Waals surface area contributed by atoms with Gasteiger partial charge in [-0.3, -0.25) is 19.4 Å². The number of rotatable bonds is 14. The molecule has 0 fully saturated rings. The van der Waals surface area contributed by atoms with Crippen LogP contribution in [0.3, 0.4) is 0 Å². The first kappa shape index (κ1) is 35.7. The van der Waals surface area contributed by atoms with Crippen molar-refractivity contribution in [2.24, 2.45) is 19.1 Å². The molecule has 1 atom stereocenters. The molecule has 0 saturated heterocycles. The van der Waals surface area contributed by atoms with Crippen molar-refractivity contribution in [3.8, 4) is 22.6 Å². The van der Waals surface area contributed by atoms with E-state index in [2.05, 4.69) is 20.9 Å². The van der Waals surface area contributed by atoms with Gasteiger partial charge in [-0.25, -0.2) is 4.79 Å². The summed E-state index contributed by atoms with van der Waals surface area (Å²) in [6.07, 6.45) is 10.3. The molecular formula is C38H41N7O7. The van der Waals surface area contributed by atoms with E-state index in [1.54, 1.807) is 90.2 Å². The van der Waals surface area contributed by atoms with E-state index in [0.717, 1.165) is 17.5 Å². The number of ether oxygens (including phenoxy) is 3. The van der Waals surface area contributed by atoms with Gasteiger partial charge in [0, 0.05) is 69.2 Å². The Labute approximate surface area is 301 Å². The van der Waals surface area contributed by atoms with Crippen LogP contribution >= 0.6 is 0 Å². The predicted octanol–water partition coefficient (Wildman–Crippen LogP) is 4.91. The molecule has 2 aromatic carbocycles. The average molecular weight is 708 g/mol. The second kappa shape index (κ2) is 15.8. The van der Waals surface area contributed by atoms with Gasteiger partial charge in [0.15, 0.2) is 11.5 Å². The van der Waals surface area contributed by atoms with E-state index >= 15 is 0 Å². The van der Waals surface area contributed by atoms with Crippen LogP contribution in [0.1, 0.15) is 50.6 Å². The van der Waals surface area contributed by atoms with Gasteiger partial charge < -0.3 is 44.2 Å². The maximum Gasteiger partial charge on any atom is 0.355 e. The Hall–Kier alpha value is -6.15. The Kier molecular flexibility index (Phi) is 10.8. The molecule has 14 nitrogen and oxygen atoms in total. The zero-order valence-electron chi connectivity index (χ0n) is 29.5. The summed E-state index contributed by atoms with van der Waals surface area (Å²) in [6.45, 7) is 1.08. The Morgan fingerprint density at radius 1 is 0.904 bits per heavy atom. The van der Waals surface area contributed by atoms with Gasteiger partial charge in [0.05, 0.1) is 36.7 Å². The van der Waals surface area contributed by atoms with Crippen molar-refractivity contribution >= 4 is 47.0 Å². The third-order valence-electron chi connectivity index (χ3n) is 8.74. The summed E-state index contributed by atoms with van der Waals surface area (Å²) < 4.78 is 20.1. The zero-order valence-corrected chi connectivity index (χ0v) is 29.5. The van der Waals surface area contributed by atoms with Crippen LogP contribution in [0, 0.1) is 0 Å². The number of amides is 3. The first-order valence-electron chi connectivity index (χ1n) is 16.9. The van der Waals surface area contributed by atoms with Crippen molar-refractivity contribution in [3.05, 3.63) is 90.2 Å². The summed E-state index contributed by atoms with van der Waals surface area (Å²) >= 11 is 0. The van der Waals surface area contributed by atoms with Gasteiger partial charge in [-0.2, -0.15) is 0 Å². The van der Waals surface area contributed by atoms with Crippen molar-refractivity contribution in [2.45, 2.75) is 25.3 Å². The number of aromatic nitrogens is 2. The van der Waals surface area contributed by atoms with Crippen molar-refractivity contribution in [1.29, 1.82) is 0 Å². The van der Waals surface area contributed by atoms with Crippen LogP contribution in [-0.2, 0) is 23.6 Å². The van der Waals surface area contributed by atoms with Crippen LogP contribution in [0.25, 0.3) is 11.1 Å². The molecule has 0 radical (unpaired) electrons. The lowest BCUT2D eigenvalue weighted by Crippen LogP contribution is -2.32. The highest BCUT2D eigenvalue weighted by atomic mass is 16.5. The molecule has 2 aromatic heterocycles. The number of nitrogens with one attached hydrogen (secondary N) is 3. The molecule has 14 heteroatoms. The van der Waals surface area contributed by atoms with E-state index in [4.69, 9.17) is 14.2 Å². The highest BCUT2D eigenvalue weighted by Gasteiger charge is 2.30. The molecule has 0 bridgehead atoms. The molecule has 0 saturated carbocycles. The molecule has 3 N–H and O–H groups in total. The van der Waals surface area contributed by atoms with Gasteiger partial charge in [0.25, 0.3) is 11.8 Å². The van der Waals surface area contributed by atoms with E-state index in [1.807, 2.05) is 24.4 Å². The molecule has 270 valence electrons. The summed E-state index contributed by atoms with van der Waals surface area (Å²) in [4.78, 5) is 57.5.